The lowest BCUT2D eigenvalue weighted by Crippen LogP contribution is -2.28. The fraction of sp³-hybridized carbons (Fsp3) is 0.316. The molecule has 1 aromatic carbocycles. The first kappa shape index (κ1) is 18.8. The molecule has 29 heavy (non-hydrogen) atoms. The molecular formula is C19H21FN8O. The number of rotatable bonds is 6. The van der Waals surface area contributed by atoms with Gasteiger partial charge in [0.15, 0.2) is 11.5 Å². The first-order valence-electron chi connectivity index (χ1n) is 9.30. The summed E-state index contributed by atoms with van der Waals surface area (Å²) in [7, 11) is 1.75. The number of carbonyl (C=O) groups is 1. The maximum atomic E-state index is 13.9. The molecule has 0 aliphatic carbocycles. The first-order valence-corrected chi connectivity index (χ1v) is 9.30. The van der Waals surface area contributed by atoms with Crippen LogP contribution in [0.2, 0.25) is 0 Å². The Labute approximate surface area is 165 Å². The van der Waals surface area contributed by atoms with Crippen molar-refractivity contribution in [1.29, 1.82) is 0 Å². The Morgan fingerprint density at radius 3 is 2.90 bits per heavy atom. The normalized spacial score (nSPS) is 11.4. The van der Waals surface area contributed by atoms with E-state index in [1.807, 2.05) is 0 Å². The zero-order valence-electron chi connectivity index (χ0n) is 16.2. The number of aromatic nitrogens is 6. The van der Waals surface area contributed by atoms with Crippen LogP contribution in [-0.4, -0.2) is 54.2 Å². The molecule has 0 aliphatic heterocycles. The molecule has 0 spiro atoms. The summed E-state index contributed by atoms with van der Waals surface area (Å²) in [5.41, 5.74) is 8.30. The van der Waals surface area contributed by atoms with E-state index in [-0.39, 0.29) is 17.7 Å². The number of amides is 1. The van der Waals surface area contributed by atoms with Crippen molar-refractivity contribution < 1.29 is 9.18 Å². The standard InChI is InChI=1S/C19H21FN8O/c1-11-9-12(20)10-13-16(11)24-19(21)28-17(13)23-15(26-28)5-3-4-8-27(2)18(29)14-6-7-22-25-14/h6-7,9-10H,3-5,8H2,1-2H3,(H2,21,24)(H,22,25). The number of aromatic amines is 1. The monoisotopic (exact) mass is 396 g/mol. The number of benzene rings is 1. The number of nitrogens with one attached hydrogen (secondary N) is 1. The highest BCUT2D eigenvalue weighted by molar-refractivity contribution is 5.94. The van der Waals surface area contributed by atoms with Gasteiger partial charge < -0.3 is 10.6 Å². The number of nitrogens with two attached hydrogens (primary N) is 1. The van der Waals surface area contributed by atoms with Crippen LogP contribution in [0, 0.1) is 12.7 Å². The van der Waals surface area contributed by atoms with Crippen molar-refractivity contribution in [2.75, 3.05) is 19.3 Å². The highest BCUT2D eigenvalue weighted by Gasteiger charge is 2.15. The number of hydrogen-bond donors (Lipinski definition) is 2. The molecule has 0 aliphatic rings. The molecule has 9 nitrogen and oxygen atoms in total. The third-order valence-electron chi connectivity index (χ3n) is 4.82. The van der Waals surface area contributed by atoms with Gasteiger partial charge in [0.1, 0.15) is 11.5 Å². The fourth-order valence-electron chi connectivity index (χ4n) is 3.33. The second kappa shape index (κ2) is 7.46. The molecule has 0 unspecified atom stereocenters. The third-order valence-corrected chi connectivity index (χ3v) is 4.82. The minimum atomic E-state index is -0.349. The molecule has 0 saturated carbocycles. The molecule has 0 fully saturated rings. The van der Waals surface area contributed by atoms with E-state index in [0.717, 1.165) is 12.8 Å². The van der Waals surface area contributed by atoms with Crippen LogP contribution < -0.4 is 5.73 Å². The number of fused-ring (bicyclic) bond motifs is 3. The van der Waals surface area contributed by atoms with Crippen molar-refractivity contribution >= 4 is 28.4 Å². The number of hydrogen-bond acceptors (Lipinski definition) is 6. The molecule has 1 amide bonds. The summed E-state index contributed by atoms with van der Waals surface area (Å²) in [4.78, 5) is 22.7. The highest BCUT2D eigenvalue weighted by atomic mass is 19.1. The van der Waals surface area contributed by atoms with Crippen molar-refractivity contribution in [3.63, 3.8) is 0 Å². The number of unbranched alkanes of at least 4 members (excludes halogenated alkanes) is 1. The lowest BCUT2D eigenvalue weighted by molar-refractivity contribution is 0.0787. The zero-order valence-corrected chi connectivity index (χ0v) is 16.2. The summed E-state index contributed by atoms with van der Waals surface area (Å²) in [6, 6.07) is 4.47. The molecule has 3 heterocycles. The molecule has 3 aromatic heterocycles. The smallest absolute Gasteiger partial charge is 0.271 e. The first-order chi connectivity index (χ1) is 13.9. The number of halogens is 1. The molecule has 0 bridgehead atoms. The lowest BCUT2D eigenvalue weighted by Gasteiger charge is -2.15. The zero-order chi connectivity index (χ0) is 20.5. The van der Waals surface area contributed by atoms with Crippen LogP contribution in [0.4, 0.5) is 10.3 Å². The van der Waals surface area contributed by atoms with E-state index in [1.165, 1.54) is 16.6 Å². The number of anilines is 1. The lowest BCUT2D eigenvalue weighted by atomic mass is 10.1. The van der Waals surface area contributed by atoms with Crippen molar-refractivity contribution in [1.82, 2.24) is 34.7 Å². The number of carbonyl (C=O) groups excluding carboxylic acids is 1. The van der Waals surface area contributed by atoms with Crippen molar-refractivity contribution in [2.24, 2.45) is 0 Å². The summed E-state index contributed by atoms with van der Waals surface area (Å²) in [6.45, 7) is 2.38. The summed E-state index contributed by atoms with van der Waals surface area (Å²) in [5, 5.41) is 11.5. The van der Waals surface area contributed by atoms with E-state index >= 15 is 0 Å². The number of nitrogen functional groups attached to an aromatic ring is 1. The minimum Gasteiger partial charge on any atom is -0.368 e. The van der Waals surface area contributed by atoms with Crippen LogP contribution in [0.5, 0.6) is 0 Å². The molecular weight excluding hydrogens is 375 g/mol. The van der Waals surface area contributed by atoms with Gasteiger partial charge in [-0.3, -0.25) is 9.89 Å². The highest BCUT2D eigenvalue weighted by Crippen LogP contribution is 2.24. The van der Waals surface area contributed by atoms with E-state index in [0.29, 0.717) is 46.6 Å². The van der Waals surface area contributed by atoms with E-state index < -0.39 is 0 Å². The van der Waals surface area contributed by atoms with Gasteiger partial charge in [-0.25, -0.2) is 14.4 Å². The number of H-pyrrole nitrogens is 1. The van der Waals surface area contributed by atoms with Crippen LogP contribution in [0.3, 0.4) is 0 Å². The van der Waals surface area contributed by atoms with Gasteiger partial charge in [0.05, 0.1) is 5.52 Å². The Bertz CT molecular complexity index is 1180. The maximum absolute atomic E-state index is 13.9. The van der Waals surface area contributed by atoms with Crippen LogP contribution in [0.1, 0.15) is 34.7 Å². The molecule has 0 saturated heterocycles. The van der Waals surface area contributed by atoms with E-state index in [1.54, 1.807) is 31.1 Å². The van der Waals surface area contributed by atoms with Crippen LogP contribution >= 0.6 is 0 Å². The molecule has 150 valence electrons. The second-order valence-electron chi connectivity index (χ2n) is 7.01. The number of nitrogens with zero attached hydrogens (tertiary/aromatic N) is 6. The molecule has 3 N–H and O–H groups in total. The SMILES string of the molecule is Cc1cc(F)cc2c1nc(N)n1nc(CCCCN(C)C(=O)c3ccn[nH]3)nc21. The van der Waals surface area contributed by atoms with Gasteiger partial charge in [-0.15, -0.1) is 5.10 Å². The van der Waals surface area contributed by atoms with E-state index in [2.05, 4.69) is 25.3 Å². The third kappa shape index (κ3) is 3.60. The average Bonchev–Trinajstić information content (AvgIpc) is 3.36. The fourth-order valence-corrected chi connectivity index (χ4v) is 3.33. The molecule has 0 atom stereocenters. The summed E-state index contributed by atoms with van der Waals surface area (Å²) in [6.07, 6.45) is 3.74. The Kier molecular flexibility index (Phi) is 4.83. The average molecular weight is 396 g/mol. The van der Waals surface area contributed by atoms with Crippen LogP contribution in [-0.2, 0) is 6.42 Å². The Hall–Kier alpha value is -3.56. The topological polar surface area (TPSA) is 118 Å². The van der Waals surface area contributed by atoms with E-state index in [4.69, 9.17) is 5.73 Å². The quantitative estimate of drug-likeness (QED) is 0.482. The molecule has 4 rings (SSSR count). The van der Waals surface area contributed by atoms with Crippen LogP contribution in [0.25, 0.3) is 16.6 Å². The van der Waals surface area contributed by atoms with Gasteiger partial charge in [0.25, 0.3) is 5.91 Å². The van der Waals surface area contributed by atoms with Gasteiger partial charge >= 0.3 is 0 Å². The second-order valence-corrected chi connectivity index (χ2v) is 7.01. The van der Waals surface area contributed by atoms with Crippen LogP contribution in [0.15, 0.2) is 24.4 Å². The molecule has 4 aromatic rings. The summed E-state index contributed by atoms with van der Waals surface area (Å²) >= 11 is 0. The van der Waals surface area contributed by atoms with Crippen molar-refractivity contribution in [2.45, 2.75) is 26.2 Å². The molecule has 10 heteroatoms. The summed E-state index contributed by atoms with van der Waals surface area (Å²) in [5.74, 6) is 0.371. The van der Waals surface area contributed by atoms with Crippen molar-refractivity contribution in [3.05, 3.63) is 47.3 Å². The predicted molar refractivity (Wildman–Crippen MR) is 106 cm³/mol. The van der Waals surface area contributed by atoms with Gasteiger partial charge in [0, 0.05) is 31.6 Å². The summed E-state index contributed by atoms with van der Waals surface area (Å²) < 4.78 is 15.3. The maximum Gasteiger partial charge on any atom is 0.271 e. The molecule has 0 radical (unpaired) electrons. The van der Waals surface area contributed by atoms with Gasteiger partial charge in [-0.05, 0) is 43.5 Å². The Morgan fingerprint density at radius 2 is 2.14 bits per heavy atom. The minimum absolute atomic E-state index is 0.101. The Balaban J connectivity index is 1.46. The largest absolute Gasteiger partial charge is 0.368 e. The van der Waals surface area contributed by atoms with E-state index in [9.17, 15) is 9.18 Å². The predicted octanol–water partition coefficient (Wildman–Crippen LogP) is 2.13. The van der Waals surface area contributed by atoms with Gasteiger partial charge in [-0.2, -0.15) is 9.61 Å². The van der Waals surface area contributed by atoms with Gasteiger partial charge in [-0.1, -0.05) is 0 Å². The van der Waals surface area contributed by atoms with Gasteiger partial charge in [0.2, 0.25) is 5.95 Å². The van der Waals surface area contributed by atoms with Crippen molar-refractivity contribution in [3.8, 4) is 0 Å². The number of aryl methyl sites for hydroxylation is 2. The Morgan fingerprint density at radius 1 is 1.31 bits per heavy atom.